The van der Waals surface area contributed by atoms with Gasteiger partial charge in [0.05, 0.1) is 6.61 Å². The van der Waals surface area contributed by atoms with Gasteiger partial charge < -0.3 is 4.74 Å². The maximum atomic E-state index is 13.0. The highest BCUT2D eigenvalue weighted by atomic mass is 19.1. The van der Waals surface area contributed by atoms with Gasteiger partial charge in [0.1, 0.15) is 17.3 Å². The summed E-state index contributed by atoms with van der Waals surface area (Å²) in [5.74, 6) is -1.83. The van der Waals surface area contributed by atoms with Crippen molar-refractivity contribution >= 4 is 11.8 Å². The van der Waals surface area contributed by atoms with E-state index >= 15 is 0 Å². The first-order valence-corrected chi connectivity index (χ1v) is 6.59. The predicted molar refractivity (Wildman–Crippen MR) is 71.5 cm³/mol. The van der Waals surface area contributed by atoms with Crippen molar-refractivity contribution in [3.8, 4) is 0 Å². The average molecular weight is 279 g/mol. The third-order valence-corrected chi connectivity index (χ3v) is 3.99. The lowest BCUT2D eigenvalue weighted by Gasteiger charge is -2.30. The van der Waals surface area contributed by atoms with Crippen molar-refractivity contribution in [3.63, 3.8) is 0 Å². The van der Waals surface area contributed by atoms with E-state index in [2.05, 4.69) is 0 Å². The van der Waals surface area contributed by atoms with Crippen LogP contribution in [0.25, 0.3) is 0 Å². The zero-order valence-electron chi connectivity index (χ0n) is 11.9. The van der Waals surface area contributed by atoms with Crippen molar-refractivity contribution in [3.05, 3.63) is 35.6 Å². The van der Waals surface area contributed by atoms with Crippen LogP contribution in [0.15, 0.2) is 24.3 Å². The van der Waals surface area contributed by atoms with Crippen LogP contribution in [-0.2, 0) is 19.9 Å². The second kappa shape index (κ2) is 5.32. The maximum absolute atomic E-state index is 13.0. The fraction of sp³-hybridized carbons (Fsp3) is 0.467. The summed E-state index contributed by atoms with van der Waals surface area (Å²) in [5, 5.41) is 0. The minimum atomic E-state index is -0.925. The smallest absolute Gasteiger partial charge is 0.317 e. The summed E-state index contributed by atoms with van der Waals surface area (Å²) in [6.07, 6.45) is 0. The molecule has 0 bridgehead atoms. The third kappa shape index (κ3) is 2.22. The fourth-order valence-corrected chi connectivity index (χ4v) is 2.63. The standard InChI is InChI=1S/C15H18FNO3/c1-4-20-14(19)12-9-17(3)15(2,13(12)18)10-5-7-11(16)8-6-10/h5-8,12H,4,9H2,1-3H3. The molecule has 0 N–H and O–H groups in total. The lowest BCUT2D eigenvalue weighted by molar-refractivity contribution is -0.150. The zero-order valence-corrected chi connectivity index (χ0v) is 11.9. The van der Waals surface area contributed by atoms with E-state index in [4.69, 9.17) is 4.74 Å². The van der Waals surface area contributed by atoms with Crippen LogP contribution in [0.1, 0.15) is 19.4 Å². The number of benzene rings is 1. The summed E-state index contributed by atoms with van der Waals surface area (Å²) in [4.78, 5) is 26.3. The van der Waals surface area contributed by atoms with Gasteiger partial charge >= 0.3 is 5.97 Å². The highest BCUT2D eigenvalue weighted by Gasteiger charge is 2.52. The summed E-state index contributed by atoms with van der Waals surface area (Å²) < 4.78 is 18.0. The van der Waals surface area contributed by atoms with Crippen molar-refractivity contribution in [2.24, 2.45) is 5.92 Å². The maximum Gasteiger partial charge on any atom is 0.317 e. The minimum absolute atomic E-state index is 0.204. The van der Waals surface area contributed by atoms with E-state index in [-0.39, 0.29) is 18.2 Å². The lowest BCUT2D eigenvalue weighted by Crippen LogP contribution is -2.41. The average Bonchev–Trinajstić information content (AvgIpc) is 2.65. The Balaban J connectivity index is 2.34. The molecule has 4 nitrogen and oxygen atoms in total. The Morgan fingerprint density at radius 1 is 1.45 bits per heavy atom. The number of halogens is 1. The Hall–Kier alpha value is -1.75. The topological polar surface area (TPSA) is 46.6 Å². The van der Waals surface area contributed by atoms with Gasteiger partial charge in [-0.3, -0.25) is 14.5 Å². The number of likely N-dealkylation sites (N-methyl/N-ethyl adjacent to an activating group) is 1. The molecule has 1 fully saturated rings. The lowest BCUT2D eigenvalue weighted by atomic mass is 9.85. The third-order valence-electron chi connectivity index (χ3n) is 3.99. The van der Waals surface area contributed by atoms with Crippen LogP contribution in [0, 0.1) is 11.7 Å². The van der Waals surface area contributed by atoms with E-state index in [9.17, 15) is 14.0 Å². The molecule has 1 saturated heterocycles. The quantitative estimate of drug-likeness (QED) is 0.624. The van der Waals surface area contributed by atoms with Gasteiger partial charge in [0.2, 0.25) is 0 Å². The van der Waals surface area contributed by atoms with Crippen LogP contribution >= 0.6 is 0 Å². The number of likely N-dealkylation sites (tertiary alicyclic amines) is 1. The number of carbonyl (C=O) groups is 2. The summed E-state index contributed by atoms with van der Waals surface area (Å²) in [5.41, 5.74) is -0.247. The number of esters is 1. The van der Waals surface area contributed by atoms with E-state index < -0.39 is 17.4 Å². The van der Waals surface area contributed by atoms with Crippen molar-refractivity contribution < 1.29 is 18.7 Å². The number of ketones is 1. The molecule has 1 heterocycles. The van der Waals surface area contributed by atoms with Crippen LogP contribution in [0.3, 0.4) is 0 Å². The Morgan fingerprint density at radius 3 is 2.60 bits per heavy atom. The first-order valence-electron chi connectivity index (χ1n) is 6.59. The minimum Gasteiger partial charge on any atom is -0.465 e. The number of rotatable bonds is 3. The Labute approximate surface area is 117 Å². The molecular formula is C15H18FNO3. The molecule has 0 amide bonds. The predicted octanol–water partition coefficient (Wildman–Crippen LogP) is 1.73. The molecule has 0 saturated carbocycles. The molecule has 2 unspecified atom stereocenters. The second-order valence-corrected chi connectivity index (χ2v) is 5.13. The molecule has 5 heteroatoms. The van der Waals surface area contributed by atoms with Crippen LogP contribution in [-0.4, -0.2) is 36.9 Å². The summed E-state index contributed by atoms with van der Waals surface area (Å²) in [6, 6.07) is 5.80. The van der Waals surface area contributed by atoms with Gasteiger partial charge in [-0.15, -0.1) is 0 Å². The molecule has 0 aliphatic carbocycles. The Kier molecular flexibility index (Phi) is 3.90. The number of carbonyl (C=O) groups excluding carboxylic acids is 2. The zero-order chi connectivity index (χ0) is 14.9. The first kappa shape index (κ1) is 14.7. The molecule has 108 valence electrons. The monoisotopic (exact) mass is 279 g/mol. The van der Waals surface area contributed by atoms with Gasteiger partial charge in [0.25, 0.3) is 0 Å². The second-order valence-electron chi connectivity index (χ2n) is 5.13. The molecule has 0 radical (unpaired) electrons. The van der Waals surface area contributed by atoms with Crippen LogP contribution in [0.2, 0.25) is 0 Å². The highest BCUT2D eigenvalue weighted by Crippen LogP contribution is 2.37. The number of nitrogens with zero attached hydrogens (tertiary/aromatic N) is 1. The highest BCUT2D eigenvalue weighted by molar-refractivity contribution is 6.06. The molecule has 1 aromatic rings. The fourth-order valence-electron chi connectivity index (χ4n) is 2.63. The number of hydrogen-bond acceptors (Lipinski definition) is 4. The van der Waals surface area contributed by atoms with Crippen LogP contribution < -0.4 is 0 Å². The van der Waals surface area contributed by atoms with Crippen LogP contribution in [0.4, 0.5) is 4.39 Å². The SMILES string of the molecule is CCOC(=O)C1CN(C)C(C)(c2ccc(F)cc2)C1=O. The first-order chi connectivity index (χ1) is 9.41. The van der Waals surface area contributed by atoms with Crippen molar-refractivity contribution in [2.75, 3.05) is 20.2 Å². The molecular weight excluding hydrogens is 261 g/mol. The van der Waals surface area contributed by atoms with E-state index in [1.807, 2.05) is 4.90 Å². The Morgan fingerprint density at radius 2 is 2.05 bits per heavy atom. The Bertz CT molecular complexity index is 528. The van der Waals surface area contributed by atoms with Gasteiger partial charge in [-0.2, -0.15) is 0 Å². The van der Waals surface area contributed by atoms with Crippen molar-refractivity contribution in [2.45, 2.75) is 19.4 Å². The summed E-state index contributed by atoms with van der Waals surface area (Å²) in [6.45, 7) is 4.02. The van der Waals surface area contributed by atoms with Gasteiger partial charge in [-0.25, -0.2) is 4.39 Å². The molecule has 0 aromatic heterocycles. The molecule has 1 aromatic carbocycles. The largest absolute Gasteiger partial charge is 0.465 e. The molecule has 2 atom stereocenters. The van der Waals surface area contributed by atoms with E-state index in [0.717, 1.165) is 0 Å². The number of Topliss-reactive ketones (excluding diaryl/α,β-unsaturated/α-hetero) is 1. The molecule has 1 aliphatic rings. The van der Waals surface area contributed by atoms with E-state index in [1.54, 1.807) is 33.0 Å². The summed E-state index contributed by atoms with van der Waals surface area (Å²) in [7, 11) is 1.78. The number of hydrogen-bond donors (Lipinski definition) is 0. The van der Waals surface area contributed by atoms with E-state index in [1.165, 1.54) is 12.1 Å². The van der Waals surface area contributed by atoms with Crippen molar-refractivity contribution in [1.29, 1.82) is 0 Å². The summed E-state index contributed by atoms with van der Waals surface area (Å²) >= 11 is 0. The molecule has 1 aliphatic heterocycles. The normalized spacial score (nSPS) is 26.8. The van der Waals surface area contributed by atoms with Gasteiger partial charge in [-0.1, -0.05) is 12.1 Å². The molecule has 0 spiro atoms. The van der Waals surface area contributed by atoms with Gasteiger partial charge in [0.15, 0.2) is 5.78 Å². The van der Waals surface area contributed by atoms with Gasteiger partial charge in [0, 0.05) is 6.54 Å². The molecule has 20 heavy (non-hydrogen) atoms. The van der Waals surface area contributed by atoms with Crippen LogP contribution in [0.5, 0.6) is 0 Å². The van der Waals surface area contributed by atoms with Crippen molar-refractivity contribution in [1.82, 2.24) is 4.90 Å². The molecule has 2 rings (SSSR count). The van der Waals surface area contributed by atoms with E-state index in [0.29, 0.717) is 12.1 Å². The van der Waals surface area contributed by atoms with Gasteiger partial charge in [-0.05, 0) is 38.6 Å². The number of ether oxygens (including phenoxy) is 1.